The van der Waals surface area contributed by atoms with Crippen molar-refractivity contribution in [1.29, 1.82) is 0 Å². The molecule has 2 unspecified atom stereocenters. The standard InChI is InChI=1S/C34H62N2O2/c1-5-9-13-16-19-23-30(24-20-17-14-10-6-2)36-27-31(28-37)38-34-26-35-32(25-33(34)36)29(21-12-8-4)22-18-15-11-7-3/h25-26,29-31,37H,5-24,27-28H2,1-4H3. The molecule has 0 fully saturated rings. The van der Waals surface area contributed by atoms with Gasteiger partial charge in [0.25, 0.3) is 0 Å². The molecule has 0 aliphatic carbocycles. The van der Waals surface area contributed by atoms with E-state index in [1.165, 1.54) is 140 Å². The number of aliphatic hydroxyl groups is 1. The Balaban J connectivity index is 2.25. The molecular formula is C34H62N2O2. The number of aliphatic hydroxyl groups excluding tert-OH is 1. The zero-order valence-corrected chi connectivity index (χ0v) is 25.7. The van der Waals surface area contributed by atoms with Crippen molar-refractivity contribution in [2.24, 2.45) is 0 Å². The Labute approximate surface area is 236 Å². The van der Waals surface area contributed by atoms with E-state index in [1.54, 1.807) is 0 Å². The lowest BCUT2D eigenvalue weighted by atomic mass is 9.91. The molecule has 0 radical (unpaired) electrons. The monoisotopic (exact) mass is 530 g/mol. The van der Waals surface area contributed by atoms with E-state index in [4.69, 9.17) is 9.72 Å². The summed E-state index contributed by atoms with van der Waals surface area (Å²) in [4.78, 5) is 7.59. The summed E-state index contributed by atoms with van der Waals surface area (Å²) in [6.45, 7) is 10.0. The molecule has 0 amide bonds. The lowest BCUT2D eigenvalue weighted by Gasteiger charge is -2.41. The number of hydrogen-bond acceptors (Lipinski definition) is 4. The van der Waals surface area contributed by atoms with Crippen molar-refractivity contribution in [3.63, 3.8) is 0 Å². The number of hydrogen-bond donors (Lipinski definition) is 1. The fourth-order valence-electron chi connectivity index (χ4n) is 6.09. The minimum absolute atomic E-state index is 0.0635. The highest BCUT2D eigenvalue weighted by Crippen LogP contribution is 2.39. The highest BCUT2D eigenvalue weighted by atomic mass is 16.5. The first-order valence-electron chi connectivity index (χ1n) is 16.7. The van der Waals surface area contributed by atoms with Gasteiger partial charge in [-0.2, -0.15) is 0 Å². The number of unbranched alkanes of at least 4 members (excludes halogenated alkanes) is 12. The van der Waals surface area contributed by atoms with Crippen molar-refractivity contribution in [1.82, 2.24) is 4.98 Å². The molecule has 220 valence electrons. The second-order valence-electron chi connectivity index (χ2n) is 11.9. The van der Waals surface area contributed by atoms with E-state index in [9.17, 15) is 5.11 Å². The van der Waals surface area contributed by atoms with Crippen LogP contribution in [-0.4, -0.2) is 35.4 Å². The second kappa shape index (κ2) is 20.6. The van der Waals surface area contributed by atoms with Gasteiger partial charge in [-0.15, -0.1) is 0 Å². The first-order chi connectivity index (χ1) is 18.7. The maximum Gasteiger partial charge on any atom is 0.161 e. The van der Waals surface area contributed by atoms with Crippen molar-refractivity contribution < 1.29 is 9.84 Å². The molecular weight excluding hydrogens is 468 g/mol. The minimum Gasteiger partial charge on any atom is -0.482 e. The van der Waals surface area contributed by atoms with Gasteiger partial charge in [-0.1, -0.05) is 130 Å². The van der Waals surface area contributed by atoms with E-state index in [2.05, 4.69) is 38.7 Å². The highest BCUT2D eigenvalue weighted by molar-refractivity contribution is 5.61. The van der Waals surface area contributed by atoms with Gasteiger partial charge >= 0.3 is 0 Å². The van der Waals surface area contributed by atoms with Gasteiger partial charge in [-0.25, -0.2) is 0 Å². The Morgan fingerprint density at radius 3 is 1.87 bits per heavy atom. The maximum absolute atomic E-state index is 10.1. The van der Waals surface area contributed by atoms with Crippen molar-refractivity contribution in [2.45, 2.75) is 174 Å². The average Bonchev–Trinajstić information content (AvgIpc) is 2.94. The first-order valence-corrected chi connectivity index (χ1v) is 16.7. The summed E-state index contributed by atoms with van der Waals surface area (Å²) >= 11 is 0. The lowest BCUT2D eigenvalue weighted by Crippen LogP contribution is -2.47. The van der Waals surface area contributed by atoms with Gasteiger partial charge < -0.3 is 14.7 Å². The average molecular weight is 531 g/mol. The van der Waals surface area contributed by atoms with Crippen LogP contribution in [-0.2, 0) is 0 Å². The lowest BCUT2D eigenvalue weighted by molar-refractivity contribution is 0.108. The number of aromatic nitrogens is 1. The maximum atomic E-state index is 10.1. The molecule has 1 aromatic rings. The third-order valence-electron chi connectivity index (χ3n) is 8.53. The van der Waals surface area contributed by atoms with Crippen LogP contribution in [0.5, 0.6) is 5.75 Å². The zero-order chi connectivity index (χ0) is 27.4. The molecule has 4 nitrogen and oxygen atoms in total. The Morgan fingerprint density at radius 1 is 0.763 bits per heavy atom. The van der Waals surface area contributed by atoms with Crippen LogP contribution in [0.3, 0.4) is 0 Å². The topological polar surface area (TPSA) is 45.6 Å². The van der Waals surface area contributed by atoms with Crippen LogP contribution in [0.2, 0.25) is 0 Å². The van der Waals surface area contributed by atoms with Crippen LogP contribution in [0.15, 0.2) is 12.3 Å². The van der Waals surface area contributed by atoms with Gasteiger partial charge in [-0.3, -0.25) is 4.98 Å². The van der Waals surface area contributed by atoms with Gasteiger partial charge in [0.1, 0.15) is 6.10 Å². The SMILES string of the molecule is CCCCCCCC(CCCCCCC)N1CC(CO)Oc2cnc(C(CCCC)CCCCCC)cc21. The Kier molecular flexibility index (Phi) is 17.8. The molecule has 1 aliphatic rings. The normalized spacial score (nSPS) is 16.1. The highest BCUT2D eigenvalue weighted by Gasteiger charge is 2.31. The summed E-state index contributed by atoms with van der Waals surface area (Å²) in [6.07, 6.45) is 27.8. The molecule has 1 aliphatic heterocycles. The minimum atomic E-state index is -0.164. The smallest absolute Gasteiger partial charge is 0.161 e. The van der Waals surface area contributed by atoms with Crippen LogP contribution in [0.4, 0.5) is 5.69 Å². The van der Waals surface area contributed by atoms with Gasteiger partial charge in [0, 0.05) is 17.7 Å². The Bertz CT molecular complexity index is 696. The van der Waals surface area contributed by atoms with E-state index in [0.29, 0.717) is 12.0 Å². The molecule has 0 bridgehead atoms. The molecule has 0 aromatic carbocycles. The number of nitrogens with zero attached hydrogens (tertiary/aromatic N) is 2. The molecule has 2 rings (SSSR count). The van der Waals surface area contributed by atoms with Crippen LogP contribution >= 0.6 is 0 Å². The first kappa shape index (κ1) is 32.9. The van der Waals surface area contributed by atoms with Gasteiger partial charge in [-0.05, 0) is 31.7 Å². The summed E-state index contributed by atoms with van der Waals surface area (Å²) in [6, 6.07) is 2.90. The molecule has 1 aromatic heterocycles. The van der Waals surface area contributed by atoms with Gasteiger partial charge in [0.05, 0.1) is 25.0 Å². The summed E-state index contributed by atoms with van der Waals surface area (Å²) < 4.78 is 6.25. The molecule has 2 heterocycles. The quantitative estimate of drug-likeness (QED) is 0.143. The molecule has 0 saturated carbocycles. The van der Waals surface area contributed by atoms with E-state index in [1.807, 2.05) is 6.20 Å². The van der Waals surface area contributed by atoms with E-state index < -0.39 is 0 Å². The Hall–Kier alpha value is -1.29. The number of ether oxygens (including phenoxy) is 1. The fourth-order valence-corrected chi connectivity index (χ4v) is 6.09. The van der Waals surface area contributed by atoms with Crippen molar-refractivity contribution in [3.8, 4) is 5.75 Å². The Morgan fingerprint density at radius 2 is 1.29 bits per heavy atom. The van der Waals surface area contributed by atoms with E-state index in [0.717, 1.165) is 12.3 Å². The van der Waals surface area contributed by atoms with Crippen LogP contribution in [0.25, 0.3) is 0 Å². The van der Waals surface area contributed by atoms with E-state index >= 15 is 0 Å². The molecule has 38 heavy (non-hydrogen) atoms. The number of pyridine rings is 1. The zero-order valence-electron chi connectivity index (χ0n) is 25.7. The van der Waals surface area contributed by atoms with Crippen molar-refractivity contribution in [3.05, 3.63) is 18.0 Å². The number of rotatable bonds is 23. The molecule has 0 saturated heterocycles. The van der Waals surface area contributed by atoms with Gasteiger partial charge in [0.15, 0.2) is 5.75 Å². The summed E-state index contributed by atoms with van der Waals surface area (Å²) in [5, 5.41) is 10.1. The summed E-state index contributed by atoms with van der Waals surface area (Å²) in [7, 11) is 0. The third-order valence-corrected chi connectivity index (χ3v) is 8.53. The largest absolute Gasteiger partial charge is 0.482 e. The molecule has 0 spiro atoms. The third kappa shape index (κ3) is 11.8. The van der Waals surface area contributed by atoms with E-state index in [-0.39, 0.29) is 12.7 Å². The van der Waals surface area contributed by atoms with Crippen LogP contribution in [0, 0.1) is 0 Å². The van der Waals surface area contributed by atoms with Crippen LogP contribution in [0.1, 0.15) is 168 Å². The molecule has 4 heteroatoms. The number of fused-ring (bicyclic) bond motifs is 1. The molecule has 1 N–H and O–H groups in total. The summed E-state index contributed by atoms with van der Waals surface area (Å²) in [5.74, 6) is 1.41. The molecule has 2 atom stereocenters. The summed E-state index contributed by atoms with van der Waals surface area (Å²) in [5.41, 5.74) is 2.50. The van der Waals surface area contributed by atoms with Crippen molar-refractivity contribution >= 4 is 5.69 Å². The predicted octanol–water partition coefficient (Wildman–Crippen LogP) is 9.98. The van der Waals surface area contributed by atoms with Crippen LogP contribution < -0.4 is 9.64 Å². The number of anilines is 1. The van der Waals surface area contributed by atoms with Gasteiger partial charge in [0.2, 0.25) is 0 Å². The fraction of sp³-hybridized carbons (Fsp3) is 0.853. The predicted molar refractivity (Wildman–Crippen MR) is 165 cm³/mol. The second-order valence-corrected chi connectivity index (χ2v) is 11.9. The van der Waals surface area contributed by atoms with Crippen molar-refractivity contribution in [2.75, 3.05) is 18.1 Å².